The number of rotatable bonds is 6. The lowest BCUT2D eigenvalue weighted by molar-refractivity contribution is 0.0526. The minimum absolute atomic E-state index is 0.0189. The zero-order chi connectivity index (χ0) is 19.8. The number of nitrogens with one attached hydrogen (secondary N) is 1. The standard InChI is InChI=1S/C21H20FNO4S/c1-3-26-21(25)18-13-5-4-6-17(13)28-20(18)23-10-15(24)19-11(2)14-9-12(22)7-8-16(14)27-19/h7-9,23H,3-6,10H2,1-2H3. The first kappa shape index (κ1) is 18.7. The highest BCUT2D eigenvalue weighted by Gasteiger charge is 2.28. The van der Waals surface area contributed by atoms with E-state index in [1.54, 1.807) is 13.8 Å². The highest BCUT2D eigenvalue weighted by atomic mass is 32.1. The second kappa shape index (κ2) is 7.39. The van der Waals surface area contributed by atoms with Crippen molar-refractivity contribution in [2.45, 2.75) is 33.1 Å². The summed E-state index contributed by atoms with van der Waals surface area (Å²) in [4.78, 5) is 26.3. The second-order valence-electron chi connectivity index (χ2n) is 6.76. The molecule has 1 aliphatic carbocycles. The topological polar surface area (TPSA) is 68.5 Å². The molecule has 4 rings (SSSR count). The zero-order valence-corrected chi connectivity index (χ0v) is 16.5. The number of benzene rings is 1. The molecule has 2 aromatic heterocycles. The van der Waals surface area contributed by atoms with Crippen LogP contribution in [0.2, 0.25) is 0 Å². The van der Waals surface area contributed by atoms with Gasteiger partial charge in [-0.25, -0.2) is 9.18 Å². The Labute approximate surface area is 165 Å². The van der Waals surface area contributed by atoms with Crippen molar-refractivity contribution >= 4 is 39.1 Å². The van der Waals surface area contributed by atoms with Crippen molar-refractivity contribution < 1.29 is 23.1 Å². The van der Waals surface area contributed by atoms with Gasteiger partial charge in [0.2, 0.25) is 5.78 Å². The number of ether oxygens (including phenoxy) is 1. The van der Waals surface area contributed by atoms with Crippen molar-refractivity contribution in [2.24, 2.45) is 0 Å². The van der Waals surface area contributed by atoms with E-state index in [9.17, 15) is 14.0 Å². The summed E-state index contributed by atoms with van der Waals surface area (Å²) in [5, 5.41) is 4.35. The number of carbonyl (C=O) groups excluding carboxylic acids is 2. The summed E-state index contributed by atoms with van der Waals surface area (Å²) in [6.45, 7) is 3.79. The molecule has 7 heteroatoms. The van der Waals surface area contributed by atoms with Crippen LogP contribution in [0.4, 0.5) is 9.39 Å². The predicted molar refractivity (Wildman–Crippen MR) is 106 cm³/mol. The van der Waals surface area contributed by atoms with Crippen LogP contribution in [-0.2, 0) is 17.6 Å². The Morgan fingerprint density at radius 1 is 1.32 bits per heavy atom. The molecule has 0 atom stereocenters. The smallest absolute Gasteiger partial charge is 0.341 e. The fourth-order valence-electron chi connectivity index (χ4n) is 3.65. The quantitative estimate of drug-likeness (QED) is 0.470. The number of Topliss-reactive ketones (excluding diaryl/α,β-unsaturated/α-hetero) is 1. The van der Waals surface area contributed by atoms with E-state index in [2.05, 4.69) is 5.32 Å². The maximum absolute atomic E-state index is 13.5. The van der Waals surface area contributed by atoms with Crippen LogP contribution >= 0.6 is 11.3 Å². The largest absolute Gasteiger partial charge is 0.462 e. The van der Waals surface area contributed by atoms with Gasteiger partial charge in [-0.15, -0.1) is 11.3 Å². The van der Waals surface area contributed by atoms with Crippen LogP contribution < -0.4 is 5.32 Å². The summed E-state index contributed by atoms with van der Waals surface area (Å²) in [5.74, 6) is -0.777. The number of hydrogen-bond acceptors (Lipinski definition) is 6. The van der Waals surface area contributed by atoms with Crippen LogP contribution in [0.25, 0.3) is 11.0 Å². The molecular formula is C21H20FNO4S. The van der Waals surface area contributed by atoms with Crippen molar-refractivity contribution in [1.29, 1.82) is 0 Å². The summed E-state index contributed by atoms with van der Waals surface area (Å²) in [7, 11) is 0. The fraction of sp³-hybridized carbons (Fsp3) is 0.333. The molecule has 1 N–H and O–H groups in total. The Hall–Kier alpha value is -2.67. The minimum Gasteiger partial charge on any atom is -0.462 e. The Morgan fingerprint density at radius 3 is 2.93 bits per heavy atom. The molecule has 0 saturated heterocycles. The highest BCUT2D eigenvalue weighted by Crippen LogP contribution is 2.39. The van der Waals surface area contributed by atoms with Gasteiger partial charge in [0.05, 0.1) is 18.7 Å². The molecule has 2 heterocycles. The van der Waals surface area contributed by atoms with E-state index < -0.39 is 0 Å². The molecule has 0 aliphatic heterocycles. The van der Waals surface area contributed by atoms with Crippen molar-refractivity contribution in [1.82, 2.24) is 0 Å². The third-order valence-corrected chi connectivity index (χ3v) is 6.21. The molecule has 1 aliphatic rings. The predicted octanol–water partition coefficient (Wildman–Crippen LogP) is 4.90. The molecule has 0 bridgehead atoms. The highest BCUT2D eigenvalue weighted by molar-refractivity contribution is 7.16. The number of fused-ring (bicyclic) bond motifs is 2. The van der Waals surface area contributed by atoms with Crippen molar-refractivity contribution in [3.63, 3.8) is 0 Å². The van der Waals surface area contributed by atoms with Gasteiger partial charge < -0.3 is 14.5 Å². The van der Waals surface area contributed by atoms with Crippen LogP contribution in [0, 0.1) is 12.7 Å². The molecule has 3 aromatic rings. The number of thiophene rings is 1. The average molecular weight is 401 g/mol. The molecule has 0 radical (unpaired) electrons. The van der Waals surface area contributed by atoms with Crippen LogP contribution in [0.15, 0.2) is 22.6 Å². The summed E-state index contributed by atoms with van der Waals surface area (Å²) >= 11 is 1.51. The molecule has 1 aromatic carbocycles. The zero-order valence-electron chi connectivity index (χ0n) is 15.7. The van der Waals surface area contributed by atoms with Gasteiger partial charge in [0.1, 0.15) is 16.4 Å². The van der Waals surface area contributed by atoms with Crippen molar-refractivity contribution in [3.05, 3.63) is 51.3 Å². The monoisotopic (exact) mass is 401 g/mol. The van der Waals surface area contributed by atoms with Crippen LogP contribution in [0.3, 0.4) is 0 Å². The fourth-order valence-corrected chi connectivity index (χ4v) is 4.92. The van der Waals surface area contributed by atoms with E-state index in [0.29, 0.717) is 33.7 Å². The summed E-state index contributed by atoms with van der Waals surface area (Å²) in [6.07, 6.45) is 2.82. The maximum atomic E-state index is 13.5. The SMILES string of the molecule is CCOC(=O)c1c(NCC(=O)c2oc3ccc(F)cc3c2C)sc2c1CCC2. The first-order valence-electron chi connectivity index (χ1n) is 9.27. The van der Waals surface area contributed by atoms with Crippen molar-refractivity contribution in [2.75, 3.05) is 18.5 Å². The number of carbonyl (C=O) groups is 2. The Kier molecular flexibility index (Phi) is 4.93. The molecule has 0 amide bonds. The summed E-state index contributed by atoms with van der Waals surface area (Å²) < 4.78 is 24.3. The minimum atomic E-state index is -0.374. The molecular weight excluding hydrogens is 381 g/mol. The van der Waals surface area contributed by atoms with Gasteiger partial charge in [0.15, 0.2) is 5.76 Å². The van der Waals surface area contributed by atoms with E-state index in [1.165, 1.54) is 34.4 Å². The number of aryl methyl sites for hydroxylation is 2. The van der Waals surface area contributed by atoms with E-state index in [0.717, 1.165) is 24.8 Å². The number of anilines is 1. The van der Waals surface area contributed by atoms with Crippen LogP contribution in [0.1, 0.15) is 50.3 Å². The van der Waals surface area contributed by atoms with Gasteiger partial charge >= 0.3 is 5.97 Å². The van der Waals surface area contributed by atoms with Crippen molar-refractivity contribution in [3.8, 4) is 0 Å². The number of furan rings is 1. The molecule has 28 heavy (non-hydrogen) atoms. The molecule has 5 nitrogen and oxygen atoms in total. The lowest BCUT2D eigenvalue weighted by Crippen LogP contribution is -2.16. The summed E-state index contributed by atoms with van der Waals surface area (Å²) in [6, 6.07) is 4.18. The van der Waals surface area contributed by atoms with Gasteiger partial charge in [0, 0.05) is 15.8 Å². The van der Waals surface area contributed by atoms with E-state index in [-0.39, 0.29) is 29.9 Å². The van der Waals surface area contributed by atoms with Gasteiger partial charge in [-0.2, -0.15) is 0 Å². The average Bonchev–Trinajstić information content (AvgIpc) is 3.33. The number of ketones is 1. The number of hydrogen-bond donors (Lipinski definition) is 1. The third kappa shape index (κ3) is 3.20. The Bertz CT molecular complexity index is 1080. The molecule has 0 spiro atoms. The molecule has 0 unspecified atom stereocenters. The van der Waals surface area contributed by atoms with Gasteiger partial charge in [-0.05, 0) is 56.9 Å². The third-order valence-electron chi connectivity index (χ3n) is 4.96. The number of halogens is 1. The van der Waals surface area contributed by atoms with E-state index >= 15 is 0 Å². The molecule has 0 fully saturated rings. The molecule has 0 saturated carbocycles. The summed E-state index contributed by atoms with van der Waals surface area (Å²) in [5.41, 5.74) is 2.68. The van der Waals surface area contributed by atoms with Gasteiger partial charge in [-0.3, -0.25) is 4.79 Å². The second-order valence-corrected chi connectivity index (χ2v) is 7.86. The first-order chi connectivity index (χ1) is 13.5. The Balaban J connectivity index is 1.58. The Morgan fingerprint density at radius 2 is 2.14 bits per heavy atom. The lowest BCUT2D eigenvalue weighted by Gasteiger charge is -2.08. The normalized spacial score (nSPS) is 13.0. The maximum Gasteiger partial charge on any atom is 0.341 e. The van der Waals surface area contributed by atoms with Crippen LogP contribution in [0.5, 0.6) is 0 Å². The first-order valence-corrected chi connectivity index (χ1v) is 10.1. The lowest BCUT2D eigenvalue weighted by atomic mass is 10.1. The van der Waals surface area contributed by atoms with E-state index in [4.69, 9.17) is 9.15 Å². The van der Waals surface area contributed by atoms with E-state index in [1.807, 2.05) is 0 Å². The number of esters is 1. The van der Waals surface area contributed by atoms with Crippen LogP contribution in [-0.4, -0.2) is 24.9 Å². The van der Waals surface area contributed by atoms with Gasteiger partial charge in [-0.1, -0.05) is 0 Å². The van der Waals surface area contributed by atoms with Gasteiger partial charge in [0.25, 0.3) is 0 Å². The molecule has 146 valence electrons.